The number of halogens is 1. The predicted molar refractivity (Wildman–Crippen MR) is 110 cm³/mol. The van der Waals surface area contributed by atoms with Crippen LogP contribution in [0.25, 0.3) is 11.3 Å². The first-order valence-electron chi connectivity index (χ1n) is 8.93. The first kappa shape index (κ1) is 20.7. The average molecular weight is 410 g/mol. The van der Waals surface area contributed by atoms with E-state index in [4.69, 9.17) is 4.74 Å². The molecule has 1 heterocycles. The van der Waals surface area contributed by atoms with Gasteiger partial charge in [0.05, 0.1) is 24.8 Å². The normalized spacial score (nSPS) is 10.4. The molecule has 0 aliphatic heterocycles. The SMILES string of the molecule is COc1ccc(NC(C)=O)cc1NC(=O)Cn1cnc(-c2ccc(F)cc2)cc1=O. The van der Waals surface area contributed by atoms with Crippen LogP contribution in [0, 0.1) is 5.82 Å². The van der Waals surface area contributed by atoms with Crippen LogP contribution in [0.3, 0.4) is 0 Å². The lowest BCUT2D eigenvalue weighted by atomic mass is 10.1. The van der Waals surface area contributed by atoms with Gasteiger partial charge < -0.3 is 15.4 Å². The summed E-state index contributed by atoms with van der Waals surface area (Å²) in [6.07, 6.45) is 1.26. The molecule has 0 atom stereocenters. The molecule has 0 radical (unpaired) electrons. The summed E-state index contributed by atoms with van der Waals surface area (Å²) in [5.41, 5.74) is 1.36. The van der Waals surface area contributed by atoms with E-state index in [1.165, 1.54) is 50.7 Å². The van der Waals surface area contributed by atoms with E-state index in [0.29, 0.717) is 28.4 Å². The van der Waals surface area contributed by atoms with Crippen LogP contribution in [0.4, 0.5) is 15.8 Å². The summed E-state index contributed by atoms with van der Waals surface area (Å²) in [6.45, 7) is 1.10. The Hall–Kier alpha value is -4.01. The van der Waals surface area contributed by atoms with Gasteiger partial charge in [-0.1, -0.05) is 0 Å². The van der Waals surface area contributed by atoms with Gasteiger partial charge in [0.15, 0.2) is 0 Å². The molecule has 9 heteroatoms. The molecule has 3 rings (SSSR count). The summed E-state index contributed by atoms with van der Waals surface area (Å²) >= 11 is 0. The molecule has 8 nitrogen and oxygen atoms in total. The lowest BCUT2D eigenvalue weighted by molar-refractivity contribution is -0.117. The largest absolute Gasteiger partial charge is 0.495 e. The third kappa shape index (κ3) is 5.07. The van der Waals surface area contributed by atoms with Gasteiger partial charge in [-0.2, -0.15) is 0 Å². The summed E-state index contributed by atoms with van der Waals surface area (Å²) in [5, 5.41) is 5.28. The number of anilines is 2. The summed E-state index contributed by atoms with van der Waals surface area (Å²) in [6, 6.07) is 11.7. The zero-order valence-electron chi connectivity index (χ0n) is 16.3. The van der Waals surface area contributed by atoms with Crippen LogP contribution in [0.5, 0.6) is 5.75 Å². The maximum absolute atomic E-state index is 13.0. The third-order valence-electron chi connectivity index (χ3n) is 4.13. The number of nitrogens with zero attached hydrogens (tertiary/aromatic N) is 2. The molecule has 0 unspecified atom stereocenters. The maximum atomic E-state index is 13.0. The van der Waals surface area contributed by atoms with E-state index in [0.717, 1.165) is 4.57 Å². The first-order valence-corrected chi connectivity index (χ1v) is 8.93. The van der Waals surface area contributed by atoms with Gasteiger partial charge in [-0.25, -0.2) is 9.37 Å². The molecule has 0 saturated carbocycles. The highest BCUT2D eigenvalue weighted by Crippen LogP contribution is 2.27. The van der Waals surface area contributed by atoms with E-state index in [2.05, 4.69) is 15.6 Å². The topological polar surface area (TPSA) is 102 Å². The fraction of sp³-hybridized carbons (Fsp3) is 0.143. The van der Waals surface area contributed by atoms with Crippen molar-refractivity contribution in [3.63, 3.8) is 0 Å². The lowest BCUT2D eigenvalue weighted by Gasteiger charge is -2.13. The standard InChI is InChI=1S/C21H19FN4O4/c1-13(27)24-16-7-8-19(30-2)18(9-16)25-20(28)11-26-12-23-17(10-21(26)29)14-3-5-15(22)6-4-14/h3-10,12H,11H2,1-2H3,(H,24,27)(H,25,28). The van der Waals surface area contributed by atoms with Crippen LogP contribution < -0.4 is 20.9 Å². The first-order chi connectivity index (χ1) is 14.4. The molecule has 2 N–H and O–H groups in total. The van der Waals surface area contributed by atoms with Gasteiger partial charge in [-0.05, 0) is 42.5 Å². The zero-order chi connectivity index (χ0) is 21.7. The van der Waals surface area contributed by atoms with Crippen molar-refractivity contribution < 1.29 is 18.7 Å². The molecule has 2 amide bonds. The molecule has 3 aromatic rings. The lowest BCUT2D eigenvalue weighted by Crippen LogP contribution is -2.27. The zero-order valence-corrected chi connectivity index (χ0v) is 16.3. The number of hydrogen-bond donors (Lipinski definition) is 2. The summed E-state index contributed by atoms with van der Waals surface area (Å²) in [5.74, 6) is -0.723. The van der Waals surface area contributed by atoms with Crippen molar-refractivity contribution in [3.05, 3.63) is 71.0 Å². The average Bonchev–Trinajstić information content (AvgIpc) is 2.70. The molecule has 154 valence electrons. The van der Waals surface area contributed by atoms with Crippen LogP contribution in [0.1, 0.15) is 6.92 Å². The van der Waals surface area contributed by atoms with Crippen molar-refractivity contribution in [2.45, 2.75) is 13.5 Å². The summed E-state index contributed by atoms with van der Waals surface area (Å²) in [4.78, 5) is 40.2. The Bertz CT molecular complexity index is 1140. The van der Waals surface area contributed by atoms with Gasteiger partial charge >= 0.3 is 0 Å². The second-order valence-electron chi connectivity index (χ2n) is 6.39. The maximum Gasteiger partial charge on any atom is 0.254 e. The van der Waals surface area contributed by atoms with Crippen LogP contribution in [-0.4, -0.2) is 28.5 Å². The van der Waals surface area contributed by atoms with E-state index >= 15 is 0 Å². The molecule has 0 aliphatic carbocycles. The van der Waals surface area contributed by atoms with Crippen LogP contribution >= 0.6 is 0 Å². The van der Waals surface area contributed by atoms with Gasteiger partial charge in [0, 0.05) is 24.2 Å². The number of hydrogen-bond acceptors (Lipinski definition) is 5. The number of amides is 2. The molecule has 0 spiro atoms. The van der Waals surface area contributed by atoms with Crippen molar-refractivity contribution in [3.8, 4) is 17.0 Å². The van der Waals surface area contributed by atoms with E-state index in [9.17, 15) is 18.8 Å². The van der Waals surface area contributed by atoms with Crippen molar-refractivity contribution in [2.75, 3.05) is 17.7 Å². The van der Waals surface area contributed by atoms with Gasteiger partial charge in [0.2, 0.25) is 11.8 Å². The Labute approximate surface area is 171 Å². The third-order valence-corrected chi connectivity index (χ3v) is 4.13. The van der Waals surface area contributed by atoms with E-state index in [1.807, 2.05) is 0 Å². The molecular formula is C21H19FN4O4. The van der Waals surface area contributed by atoms with Crippen LogP contribution in [0.2, 0.25) is 0 Å². The minimum Gasteiger partial charge on any atom is -0.495 e. The smallest absolute Gasteiger partial charge is 0.254 e. The van der Waals surface area contributed by atoms with Gasteiger partial charge in [-0.3, -0.25) is 19.0 Å². The number of methoxy groups -OCH3 is 1. The van der Waals surface area contributed by atoms with Crippen LogP contribution in [-0.2, 0) is 16.1 Å². The summed E-state index contributed by atoms with van der Waals surface area (Å²) < 4.78 is 19.4. The van der Waals surface area contributed by atoms with E-state index in [-0.39, 0.29) is 18.3 Å². The van der Waals surface area contributed by atoms with Crippen molar-refractivity contribution in [1.29, 1.82) is 0 Å². The number of nitrogens with one attached hydrogen (secondary N) is 2. The fourth-order valence-electron chi connectivity index (χ4n) is 2.75. The highest BCUT2D eigenvalue weighted by atomic mass is 19.1. The van der Waals surface area contributed by atoms with Gasteiger partial charge in [-0.15, -0.1) is 0 Å². The number of rotatable bonds is 6. The number of carbonyl (C=O) groups is 2. The molecule has 1 aromatic heterocycles. The Kier molecular flexibility index (Phi) is 6.21. The quantitative estimate of drug-likeness (QED) is 0.651. The minimum absolute atomic E-state index is 0.253. The van der Waals surface area contributed by atoms with Gasteiger partial charge in [0.1, 0.15) is 18.1 Å². The molecule has 0 fully saturated rings. The molecule has 0 saturated heterocycles. The molecular weight excluding hydrogens is 391 g/mol. The van der Waals surface area contributed by atoms with Crippen LogP contribution in [0.15, 0.2) is 59.7 Å². The Balaban J connectivity index is 1.75. The minimum atomic E-state index is -0.480. The highest BCUT2D eigenvalue weighted by Gasteiger charge is 2.12. The van der Waals surface area contributed by atoms with Crippen molar-refractivity contribution in [1.82, 2.24) is 9.55 Å². The molecule has 0 bridgehead atoms. The van der Waals surface area contributed by atoms with E-state index in [1.54, 1.807) is 18.2 Å². The molecule has 0 aliphatic rings. The van der Waals surface area contributed by atoms with Crippen molar-refractivity contribution in [2.24, 2.45) is 0 Å². The van der Waals surface area contributed by atoms with E-state index < -0.39 is 11.5 Å². The molecule has 30 heavy (non-hydrogen) atoms. The highest BCUT2D eigenvalue weighted by molar-refractivity contribution is 5.94. The number of ether oxygens (including phenoxy) is 1. The Morgan fingerprint density at radius 3 is 2.47 bits per heavy atom. The number of aromatic nitrogens is 2. The summed E-state index contributed by atoms with van der Waals surface area (Å²) in [7, 11) is 1.45. The second kappa shape index (κ2) is 8.99. The second-order valence-corrected chi connectivity index (χ2v) is 6.39. The molecule has 2 aromatic carbocycles. The monoisotopic (exact) mass is 410 g/mol. The number of benzene rings is 2. The Morgan fingerprint density at radius 2 is 1.83 bits per heavy atom. The number of carbonyl (C=O) groups excluding carboxylic acids is 2. The van der Waals surface area contributed by atoms with Gasteiger partial charge in [0.25, 0.3) is 5.56 Å². The Morgan fingerprint density at radius 1 is 1.10 bits per heavy atom. The van der Waals surface area contributed by atoms with Crippen molar-refractivity contribution >= 4 is 23.2 Å². The predicted octanol–water partition coefficient (Wildman–Crippen LogP) is 2.66. The fourth-order valence-corrected chi connectivity index (χ4v) is 2.75.